The summed E-state index contributed by atoms with van der Waals surface area (Å²) in [5.41, 5.74) is 7.91. The minimum absolute atomic E-state index is 0.381. The number of nitrogens with zero attached hydrogens (tertiary/aromatic N) is 1. The normalized spacial score (nSPS) is 9.50. The van der Waals surface area contributed by atoms with Gasteiger partial charge in [-0.1, -0.05) is 11.6 Å². The number of hydrogen-bond donors (Lipinski definition) is 1. The zero-order valence-corrected chi connectivity index (χ0v) is 7.52. The highest BCUT2D eigenvalue weighted by Crippen LogP contribution is 2.19. The van der Waals surface area contributed by atoms with E-state index in [1.54, 1.807) is 6.07 Å². The molecular formula is C9H9ClN2. The molecule has 3 heteroatoms. The van der Waals surface area contributed by atoms with Crippen molar-refractivity contribution in [3.8, 4) is 6.07 Å². The fraction of sp³-hybridized carbons (Fsp3) is 0.222. The Balaban J connectivity index is 3.36. The first-order chi connectivity index (χ1) is 5.69. The Hall–Kier alpha value is -1.04. The van der Waals surface area contributed by atoms with Crippen LogP contribution < -0.4 is 5.73 Å². The molecule has 0 amide bonds. The van der Waals surface area contributed by atoms with Crippen LogP contribution in [0.2, 0.25) is 5.02 Å². The maximum atomic E-state index is 8.73. The van der Waals surface area contributed by atoms with Crippen LogP contribution in [0.25, 0.3) is 0 Å². The van der Waals surface area contributed by atoms with E-state index >= 15 is 0 Å². The lowest BCUT2D eigenvalue weighted by Gasteiger charge is -2.05. The molecule has 1 aromatic rings. The fourth-order valence-corrected chi connectivity index (χ4v) is 1.42. The van der Waals surface area contributed by atoms with E-state index in [0.29, 0.717) is 17.1 Å². The van der Waals surface area contributed by atoms with Crippen LogP contribution in [0.15, 0.2) is 12.1 Å². The number of rotatable bonds is 1. The molecule has 0 radical (unpaired) electrons. The van der Waals surface area contributed by atoms with Crippen molar-refractivity contribution in [2.45, 2.75) is 13.5 Å². The van der Waals surface area contributed by atoms with Gasteiger partial charge >= 0.3 is 0 Å². The van der Waals surface area contributed by atoms with Crippen molar-refractivity contribution in [3.63, 3.8) is 0 Å². The molecule has 0 aliphatic heterocycles. The Labute approximate surface area is 76.6 Å². The van der Waals surface area contributed by atoms with Crippen LogP contribution >= 0.6 is 11.6 Å². The van der Waals surface area contributed by atoms with E-state index in [9.17, 15) is 0 Å². The van der Waals surface area contributed by atoms with E-state index in [4.69, 9.17) is 22.6 Å². The summed E-state index contributed by atoms with van der Waals surface area (Å²) in [6.45, 7) is 2.28. The van der Waals surface area contributed by atoms with E-state index in [2.05, 4.69) is 6.07 Å². The van der Waals surface area contributed by atoms with Crippen molar-refractivity contribution in [1.82, 2.24) is 0 Å². The number of halogens is 1. The molecule has 2 nitrogen and oxygen atoms in total. The Morgan fingerprint density at radius 2 is 2.25 bits per heavy atom. The van der Waals surface area contributed by atoms with Crippen molar-refractivity contribution < 1.29 is 0 Å². The van der Waals surface area contributed by atoms with Gasteiger partial charge in [-0.3, -0.25) is 0 Å². The zero-order chi connectivity index (χ0) is 9.14. The van der Waals surface area contributed by atoms with Gasteiger partial charge in [0.15, 0.2) is 0 Å². The number of nitrogens with two attached hydrogens (primary N) is 1. The monoisotopic (exact) mass is 180 g/mol. The molecule has 0 aromatic heterocycles. The van der Waals surface area contributed by atoms with Gasteiger partial charge in [0.1, 0.15) is 0 Å². The highest BCUT2D eigenvalue weighted by Gasteiger charge is 2.04. The van der Waals surface area contributed by atoms with Crippen LogP contribution in [0.3, 0.4) is 0 Å². The molecule has 62 valence electrons. The van der Waals surface area contributed by atoms with Gasteiger partial charge in [0.05, 0.1) is 11.6 Å². The van der Waals surface area contributed by atoms with Crippen LogP contribution in [0.5, 0.6) is 0 Å². The number of hydrogen-bond acceptors (Lipinski definition) is 2. The Kier molecular flexibility index (Phi) is 2.69. The number of nitriles is 1. The summed E-state index contributed by atoms with van der Waals surface area (Å²) in [6.07, 6.45) is 0. The summed E-state index contributed by atoms with van der Waals surface area (Å²) >= 11 is 5.77. The molecule has 0 bridgehead atoms. The molecule has 0 fully saturated rings. The molecule has 0 saturated carbocycles. The molecular weight excluding hydrogens is 172 g/mol. The first kappa shape index (κ1) is 9.05. The second-order valence-corrected chi connectivity index (χ2v) is 3.00. The number of benzene rings is 1. The van der Waals surface area contributed by atoms with Crippen molar-refractivity contribution in [2.75, 3.05) is 0 Å². The van der Waals surface area contributed by atoms with Crippen molar-refractivity contribution >= 4 is 11.6 Å². The predicted octanol–water partition coefficient (Wildman–Crippen LogP) is 1.98. The topological polar surface area (TPSA) is 49.8 Å². The average Bonchev–Trinajstić information content (AvgIpc) is 2.03. The minimum atomic E-state index is 0.381. The second-order valence-electron chi connectivity index (χ2n) is 2.56. The molecule has 2 N–H and O–H groups in total. The number of aryl methyl sites for hydroxylation is 1. The largest absolute Gasteiger partial charge is 0.326 e. The molecule has 12 heavy (non-hydrogen) atoms. The standard InChI is InChI=1S/C9H9ClN2/c1-6-2-8(10)3-7(4-11)9(6)5-12/h2-3H,5,12H2,1H3. The average molecular weight is 181 g/mol. The molecule has 0 atom stereocenters. The van der Waals surface area contributed by atoms with Crippen LogP contribution in [0.1, 0.15) is 16.7 Å². The van der Waals surface area contributed by atoms with E-state index < -0.39 is 0 Å². The molecule has 1 rings (SSSR count). The Morgan fingerprint density at radius 3 is 2.75 bits per heavy atom. The van der Waals surface area contributed by atoms with Gasteiger partial charge in [-0.05, 0) is 30.2 Å². The van der Waals surface area contributed by atoms with Gasteiger partial charge in [-0.2, -0.15) is 5.26 Å². The van der Waals surface area contributed by atoms with E-state index in [-0.39, 0.29) is 0 Å². The van der Waals surface area contributed by atoms with Crippen molar-refractivity contribution in [2.24, 2.45) is 5.73 Å². The Morgan fingerprint density at radius 1 is 1.58 bits per heavy atom. The van der Waals surface area contributed by atoms with E-state index in [0.717, 1.165) is 11.1 Å². The van der Waals surface area contributed by atoms with Crippen LogP contribution in [0.4, 0.5) is 0 Å². The fourth-order valence-electron chi connectivity index (χ4n) is 1.14. The third-order valence-corrected chi connectivity index (χ3v) is 1.98. The first-order valence-corrected chi connectivity index (χ1v) is 3.96. The maximum Gasteiger partial charge on any atom is 0.0995 e. The van der Waals surface area contributed by atoms with E-state index in [1.165, 1.54) is 0 Å². The molecule has 0 aliphatic carbocycles. The SMILES string of the molecule is Cc1cc(Cl)cc(C#N)c1CN. The van der Waals surface area contributed by atoms with Gasteiger partial charge in [-0.15, -0.1) is 0 Å². The minimum Gasteiger partial charge on any atom is -0.326 e. The van der Waals surface area contributed by atoms with Crippen LogP contribution in [0, 0.1) is 18.3 Å². The second kappa shape index (κ2) is 3.57. The highest BCUT2D eigenvalue weighted by atomic mass is 35.5. The quantitative estimate of drug-likeness (QED) is 0.719. The molecule has 0 unspecified atom stereocenters. The lowest BCUT2D eigenvalue weighted by molar-refractivity contribution is 1.04. The van der Waals surface area contributed by atoms with Gasteiger partial charge in [0, 0.05) is 11.6 Å². The highest BCUT2D eigenvalue weighted by molar-refractivity contribution is 6.30. The molecule has 0 saturated heterocycles. The van der Waals surface area contributed by atoms with Gasteiger partial charge in [0.2, 0.25) is 0 Å². The zero-order valence-electron chi connectivity index (χ0n) is 6.76. The van der Waals surface area contributed by atoms with Crippen molar-refractivity contribution in [3.05, 3.63) is 33.8 Å². The van der Waals surface area contributed by atoms with Crippen LogP contribution in [-0.2, 0) is 6.54 Å². The molecule has 0 aliphatic rings. The summed E-state index contributed by atoms with van der Waals surface area (Å²) in [5.74, 6) is 0. The lowest BCUT2D eigenvalue weighted by atomic mass is 10.0. The summed E-state index contributed by atoms with van der Waals surface area (Å²) in [6, 6.07) is 5.51. The third kappa shape index (κ3) is 1.58. The van der Waals surface area contributed by atoms with Crippen LogP contribution in [-0.4, -0.2) is 0 Å². The summed E-state index contributed by atoms with van der Waals surface area (Å²) in [5, 5.41) is 9.32. The molecule has 0 spiro atoms. The lowest BCUT2D eigenvalue weighted by Crippen LogP contribution is -2.02. The first-order valence-electron chi connectivity index (χ1n) is 3.58. The third-order valence-electron chi connectivity index (χ3n) is 1.76. The summed E-state index contributed by atoms with van der Waals surface area (Å²) < 4.78 is 0. The molecule has 1 aromatic carbocycles. The van der Waals surface area contributed by atoms with E-state index in [1.807, 2.05) is 13.0 Å². The summed E-state index contributed by atoms with van der Waals surface area (Å²) in [7, 11) is 0. The van der Waals surface area contributed by atoms with Gasteiger partial charge < -0.3 is 5.73 Å². The summed E-state index contributed by atoms with van der Waals surface area (Å²) in [4.78, 5) is 0. The van der Waals surface area contributed by atoms with Gasteiger partial charge in [0.25, 0.3) is 0 Å². The molecule has 0 heterocycles. The maximum absolute atomic E-state index is 8.73. The Bertz CT molecular complexity index is 339. The van der Waals surface area contributed by atoms with Crippen molar-refractivity contribution in [1.29, 1.82) is 5.26 Å². The predicted molar refractivity (Wildman–Crippen MR) is 48.8 cm³/mol. The smallest absolute Gasteiger partial charge is 0.0995 e. The van der Waals surface area contributed by atoms with Gasteiger partial charge in [-0.25, -0.2) is 0 Å².